The van der Waals surface area contributed by atoms with Gasteiger partial charge in [-0.3, -0.25) is 9.59 Å². The predicted molar refractivity (Wildman–Crippen MR) is 106 cm³/mol. The van der Waals surface area contributed by atoms with Gasteiger partial charge < -0.3 is 16.0 Å². The lowest BCUT2D eigenvalue weighted by Crippen LogP contribution is -2.20. The van der Waals surface area contributed by atoms with Crippen LogP contribution >= 0.6 is 0 Å². The molecule has 138 valence electrons. The van der Waals surface area contributed by atoms with Crippen LogP contribution in [0.4, 0.5) is 11.5 Å². The highest BCUT2D eigenvalue weighted by Crippen LogP contribution is 2.23. The van der Waals surface area contributed by atoms with Crippen LogP contribution in [0.1, 0.15) is 36.7 Å². The molecule has 2 heterocycles. The fourth-order valence-electron chi connectivity index (χ4n) is 2.57. The molecule has 0 atom stereocenters. The van der Waals surface area contributed by atoms with E-state index in [0.717, 1.165) is 5.56 Å². The van der Waals surface area contributed by atoms with Crippen LogP contribution in [0.3, 0.4) is 0 Å². The topological polar surface area (TPSA) is 114 Å². The monoisotopic (exact) mass is 363 g/mol. The average molecular weight is 363 g/mol. The fourth-order valence-corrected chi connectivity index (χ4v) is 2.57. The van der Waals surface area contributed by atoms with E-state index in [0.29, 0.717) is 22.6 Å². The maximum absolute atomic E-state index is 12.5. The molecule has 0 bridgehead atoms. The summed E-state index contributed by atoms with van der Waals surface area (Å²) in [6.07, 6.45) is 2.85. The number of rotatable bonds is 3. The molecule has 7 heteroatoms. The smallest absolute Gasteiger partial charge is 0.271 e. The van der Waals surface area contributed by atoms with Crippen LogP contribution in [0.25, 0.3) is 11.3 Å². The zero-order chi connectivity index (χ0) is 19.6. The number of hydrogen-bond acceptors (Lipinski definition) is 5. The number of amides is 1. The van der Waals surface area contributed by atoms with Gasteiger partial charge in [0.1, 0.15) is 17.8 Å². The molecule has 27 heavy (non-hydrogen) atoms. The Labute approximate surface area is 156 Å². The summed E-state index contributed by atoms with van der Waals surface area (Å²) >= 11 is 0. The molecule has 0 fully saturated rings. The molecule has 0 saturated carbocycles. The van der Waals surface area contributed by atoms with Gasteiger partial charge in [0, 0.05) is 23.4 Å². The molecule has 0 aliphatic rings. The van der Waals surface area contributed by atoms with E-state index in [2.05, 4.69) is 41.0 Å². The Balaban J connectivity index is 1.86. The number of H-pyrrole nitrogens is 1. The second kappa shape index (κ2) is 7.03. The van der Waals surface area contributed by atoms with Crippen molar-refractivity contribution in [1.29, 1.82) is 0 Å². The number of nitrogens with two attached hydrogens (primary N) is 1. The Bertz CT molecular complexity index is 1030. The van der Waals surface area contributed by atoms with Crippen molar-refractivity contribution < 1.29 is 4.79 Å². The minimum Gasteiger partial charge on any atom is -0.384 e. The average Bonchev–Trinajstić information content (AvgIpc) is 2.63. The van der Waals surface area contributed by atoms with Gasteiger partial charge in [0.05, 0.1) is 5.69 Å². The SMILES string of the molecule is CC(C)(C)c1ccc(C(=O)Nc2cc(-c3cc(N)ncn3)c[nH]c2=O)cc1. The Hall–Kier alpha value is -3.48. The largest absolute Gasteiger partial charge is 0.384 e. The van der Waals surface area contributed by atoms with Gasteiger partial charge in [0.25, 0.3) is 11.5 Å². The first-order chi connectivity index (χ1) is 12.7. The summed E-state index contributed by atoms with van der Waals surface area (Å²) in [7, 11) is 0. The first-order valence-corrected chi connectivity index (χ1v) is 8.46. The number of nitrogens with zero attached hydrogens (tertiary/aromatic N) is 2. The number of aromatic amines is 1. The maximum atomic E-state index is 12.5. The number of anilines is 2. The van der Waals surface area contributed by atoms with Crippen molar-refractivity contribution in [2.75, 3.05) is 11.1 Å². The normalized spacial score (nSPS) is 11.2. The van der Waals surface area contributed by atoms with Gasteiger partial charge in [-0.1, -0.05) is 32.9 Å². The number of pyridine rings is 1. The Morgan fingerprint density at radius 1 is 1.11 bits per heavy atom. The van der Waals surface area contributed by atoms with Crippen molar-refractivity contribution >= 4 is 17.4 Å². The van der Waals surface area contributed by atoms with E-state index < -0.39 is 5.56 Å². The van der Waals surface area contributed by atoms with E-state index in [1.165, 1.54) is 12.5 Å². The Kier molecular flexibility index (Phi) is 4.77. The molecule has 7 nitrogen and oxygen atoms in total. The molecule has 1 aromatic carbocycles. The maximum Gasteiger partial charge on any atom is 0.271 e. The van der Waals surface area contributed by atoms with Gasteiger partial charge in [0.2, 0.25) is 0 Å². The summed E-state index contributed by atoms with van der Waals surface area (Å²) in [6, 6.07) is 10.5. The van der Waals surface area contributed by atoms with Gasteiger partial charge >= 0.3 is 0 Å². The second-order valence-corrected chi connectivity index (χ2v) is 7.24. The Morgan fingerprint density at radius 3 is 2.44 bits per heavy atom. The molecule has 0 spiro atoms. The number of nitrogen functional groups attached to an aromatic ring is 1. The van der Waals surface area contributed by atoms with Gasteiger partial charge in [-0.25, -0.2) is 9.97 Å². The number of nitrogens with one attached hydrogen (secondary N) is 2. The third-order valence-electron chi connectivity index (χ3n) is 4.15. The lowest BCUT2D eigenvalue weighted by Gasteiger charge is -2.19. The van der Waals surface area contributed by atoms with Crippen LogP contribution in [0.2, 0.25) is 0 Å². The lowest BCUT2D eigenvalue weighted by atomic mass is 9.87. The van der Waals surface area contributed by atoms with E-state index in [1.54, 1.807) is 24.3 Å². The molecular formula is C20H21N5O2. The minimum absolute atomic E-state index is 0.000127. The minimum atomic E-state index is -0.402. The summed E-state index contributed by atoms with van der Waals surface area (Å²) in [4.78, 5) is 35.2. The van der Waals surface area contributed by atoms with Crippen LogP contribution < -0.4 is 16.6 Å². The van der Waals surface area contributed by atoms with Gasteiger partial charge in [-0.15, -0.1) is 0 Å². The summed E-state index contributed by atoms with van der Waals surface area (Å²) in [5.41, 5.74) is 8.16. The number of benzene rings is 1. The summed E-state index contributed by atoms with van der Waals surface area (Å²) in [5.74, 6) is -0.0453. The van der Waals surface area contributed by atoms with Crippen LogP contribution in [-0.4, -0.2) is 20.9 Å². The van der Waals surface area contributed by atoms with Crippen LogP contribution in [0, 0.1) is 0 Å². The summed E-state index contributed by atoms with van der Waals surface area (Å²) in [6.45, 7) is 6.31. The van der Waals surface area contributed by atoms with Crippen molar-refractivity contribution in [3.8, 4) is 11.3 Å². The predicted octanol–water partition coefficient (Wildman–Crippen LogP) is 2.96. The molecule has 3 aromatic rings. The number of carbonyl (C=O) groups is 1. The highest BCUT2D eigenvalue weighted by molar-refractivity contribution is 6.04. The highest BCUT2D eigenvalue weighted by Gasteiger charge is 2.15. The van der Waals surface area contributed by atoms with Crippen molar-refractivity contribution in [2.45, 2.75) is 26.2 Å². The van der Waals surface area contributed by atoms with Crippen molar-refractivity contribution in [1.82, 2.24) is 15.0 Å². The van der Waals surface area contributed by atoms with Crippen LogP contribution in [0.5, 0.6) is 0 Å². The first kappa shape index (κ1) is 18.3. The van der Waals surface area contributed by atoms with Gasteiger partial charge in [-0.05, 0) is 29.2 Å². The van der Waals surface area contributed by atoms with Crippen molar-refractivity contribution in [3.63, 3.8) is 0 Å². The van der Waals surface area contributed by atoms with Crippen molar-refractivity contribution in [3.05, 3.63) is 70.4 Å². The summed E-state index contributed by atoms with van der Waals surface area (Å²) < 4.78 is 0. The zero-order valence-corrected chi connectivity index (χ0v) is 15.4. The standard InChI is InChI=1S/C20H21N5O2/c1-20(2,3)14-6-4-12(5-7-14)18(26)25-16-8-13(10-22-19(16)27)15-9-17(21)24-11-23-15/h4-11H,1-3H3,(H,22,27)(H,25,26)(H2,21,23,24). The molecule has 0 radical (unpaired) electrons. The molecular weight excluding hydrogens is 342 g/mol. The molecule has 3 rings (SSSR count). The molecule has 0 unspecified atom stereocenters. The summed E-state index contributed by atoms with van der Waals surface area (Å²) in [5, 5.41) is 2.65. The molecule has 0 saturated heterocycles. The quantitative estimate of drug-likeness (QED) is 0.662. The van der Waals surface area contributed by atoms with E-state index in [4.69, 9.17) is 5.73 Å². The van der Waals surface area contributed by atoms with E-state index in [1.807, 2.05) is 12.1 Å². The second-order valence-electron chi connectivity index (χ2n) is 7.24. The van der Waals surface area contributed by atoms with E-state index in [9.17, 15) is 9.59 Å². The Morgan fingerprint density at radius 2 is 1.81 bits per heavy atom. The van der Waals surface area contributed by atoms with E-state index >= 15 is 0 Å². The third-order valence-corrected chi connectivity index (χ3v) is 4.15. The molecule has 0 aliphatic carbocycles. The highest BCUT2D eigenvalue weighted by atomic mass is 16.2. The zero-order valence-electron chi connectivity index (χ0n) is 15.4. The molecule has 1 amide bonds. The molecule has 0 aliphatic heterocycles. The molecule has 4 N–H and O–H groups in total. The first-order valence-electron chi connectivity index (χ1n) is 8.46. The fraction of sp³-hybridized carbons (Fsp3) is 0.200. The van der Waals surface area contributed by atoms with Crippen molar-refractivity contribution in [2.24, 2.45) is 0 Å². The van der Waals surface area contributed by atoms with Gasteiger partial charge in [0.15, 0.2) is 0 Å². The van der Waals surface area contributed by atoms with E-state index in [-0.39, 0.29) is 17.0 Å². The van der Waals surface area contributed by atoms with Gasteiger partial charge in [-0.2, -0.15) is 0 Å². The number of hydrogen-bond donors (Lipinski definition) is 3. The lowest BCUT2D eigenvalue weighted by molar-refractivity contribution is 0.102. The van der Waals surface area contributed by atoms with Crippen LogP contribution in [-0.2, 0) is 5.41 Å². The molecule has 2 aromatic heterocycles. The number of carbonyl (C=O) groups excluding carboxylic acids is 1. The number of aromatic nitrogens is 3. The third kappa shape index (κ3) is 4.20. The van der Waals surface area contributed by atoms with Crippen LogP contribution in [0.15, 0.2) is 53.7 Å².